The van der Waals surface area contributed by atoms with Crippen molar-refractivity contribution in [2.24, 2.45) is 5.73 Å². The van der Waals surface area contributed by atoms with E-state index in [-0.39, 0.29) is 5.91 Å². The summed E-state index contributed by atoms with van der Waals surface area (Å²) in [5, 5.41) is 6.21. The molecule has 0 saturated carbocycles. The maximum atomic E-state index is 10.7. The highest BCUT2D eigenvalue weighted by Gasteiger charge is 2.07. The molecule has 0 aliphatic heterocycles. The molecule has 4 N–H and O–H groups in total. The molecule has 1 rings (SSSR count). The van der Waals surface area contributed by atoms with Crippen molar-refractivity contribution in [1.29, 1.82) is 0 Å². The molecule has 0 aliphatic carbocycles. The van der Waals surface area contributed by atoms with E-state index in [2.05, 4.69) is 32.5 Å². The number of aromatic nitrogens is 3. The van der Waals surface area contributed by atoms with E-state index in [4.69, 9.17) is 5.73 Å². The molecule has 1 aromatic rings. The summed E-state index contributed by atoms with van der Waals surface area (Å²) in [6, 6.07) is 0. The molecule has 0 spiro atoms. The average molecular weight is 281 g/mol. The maximum absolute atomic E-state index is 10.7. The predicted molar refractivity (Wildman–Crippen MR) is 79.9 cm³/mol. The summed E-state index contributed by atoms with van der Waals surface area (Å²) in [7, 11) is 3.74. The second-order valence-corrected chi connectivity index (χ2v) is 4.60. The predicted octanol–water partition coefficient (Wildman–Crippen LogP) is 0.437. The first-order valence-corrected chi connectivity index (χ1v) is 6.72. The topological polar surface area (TPSA) is 109 Å². The Labute approximate surface area is 119 Å². The number of carbonyl (C=O) groups is 1. The molecule has 0 unspecified atom stereocenters. The molecule has 8 nitrogen and oxygen atoms in total. The van der Waals surface area contributed by atoms with E-state index in [1.165, 1.54) is 0 Å². The number of anilines is 3. The van der Waals surface area contributed by atoms with E-state index in [1.807, 2.05) is 19.0 Å². The van der Waals surface area contributed by atoms with Crippen LogP contribution in [-0.4, -0.2) is 48.0 Å². The number of rotatable bonds is 9. The van der Waals surface area contributed by atoms with Gasteiger partial charge < -0.3 is 21.3 Å². The van der Waals surface area contributed by atoms with Crippen molar-refractivity contribution < 1.29 is 4.79 Å². The van der Waals surface area contributed by atoms with Crippen LogP contribution in [0.5, 0.6) is 0 Å². The number of nitrogens with one attached hydrogen (secondary N) is 2. The Morgan fingerprint density at radius 2 is 1.75 bits per heavy atom. The molecule has 0 fully saturated rings. The van der Waals surface area contributed by atoms with Crippen molar-refractivity contribution in [3.63, 3.8) is 0 Å². The Hall–Kier alpha value is -2.12. The van der Waals surface area contributed by atoms with Crippen LogP contribution in [-0.2, 0) is 4.79 Å². The molecule has 0 radical (unpaired) electrons. The van der Waals surface area contributed by atoms with E-state index in [9.17, 15) is 4.79 Å². The van der Waals surface area contributed by atoms with Gasteiger partial charge in [-0.05, 0) is 12.8 Å². The smallest absolute Gasteiger partial charge is 0.231 e. The molecular weight excluding hydrogens is 258 g/mol. The minimum Gasteiger partial charge on any atom is -0.370 e. The van der Waals surface area contributed by atoms with Gasteiger partial charge in [-0.25, -0.2) is 0 Å². The first-order valence-electron chi connectivity index (χ1n) is 6.72. The third-order valence-electron chi connectivity index (χ3n) is 2.44. The molecule has 0 aromatic carbocycles. The second kappa shape index (κ2) is 8.13. The largest absolute Gasteiger partial charge is 0.370 e. The van der Waals surface area contributed by atoms with Crippen molar-refractivity contribution in [2.45, 2.75) is 26.2 Å². The fraction of sp³-hybridized carbons (Fsp3) is 0.667. The standard InChI is InChI=1S/C12H23N7O/c1-4-7-14-10-16-11(15-8-5-6-9(13)20)18-12(17-10)19(2)3/h4-8H2,1-3H3,(H2,13,20)(H2,14,15,16,17,18). The summed E-state index contributed by atoms with van der Waals surface area (Å²) < 4.78 is 0. The quantitative estimate of drug-likeness (QED) is 0.563. The molecular formula is C12H23N7O. The van der Waals surface area contributed by atoms with E-state index < -0.39 is 0 Å². The molecule has 0 atom stereocenters. The number of primary amides is 1. The van der Waals surface area contributed by atoms with Gasteiger partial charge in [-0.15, -0.1) is 0 Å². The molecule has 1 heterocycles. The molecule has 112 valence electrons. The maximum Gasteiger partial charge on any atom is 0.231 e. The van der Waals surface area contributed by atoms with E-state index >= 15 is 0 Å². The fourth-order valence-electron chi connectivity index (χ4n) is 1.42. The van der Waals surface area contributed by atoms with Crippen LogP contribution < -0.4 is 21.3 Å². The highest BCUT2D eigenvalue weighted by molar-refractivity contribution is 5.73. The van der Waals surface area contributed by atoms with Crippen molar-refractivity contribution in [2.75, 3.05) is 42.7 Å². The van der Waals surface area contributed by atoms with E-state index in [0.717, 1.165) is 13.0 Å². The van der Waals surface area contributed by atoms with Crippen molar-refractivity contribution >= 4 is 23.8 Å². The molecule has 1 amide bonds. The highest BCUT2D eigenvalue weighted by atomic mass is 16.1. The molecule has 8 heteroatoms. The number of nitrogens with two attached hydrogens (primary N) is 1. The second-order valence-electron chi connectivity index (χ2n) is 4.60. The number of carbonyl (C=O) groups excluding carboxylic acids is 1. The van der Waals surface area contributed by atoms with Gasteiger partial charge in [-0.2, -0.15) is 15.0 Å². The summed E-state index contributed by atoms with van der Waals surface area (Å²) >= 11 is 0. The average Bonchev–Trinajstić information content (AvgIpc) is 2.41. The third-order valence-corrected chi connectivity index (χ3v) is 2.44. The van der Waals surface area contributed by atoms with E-state index in [1.54, 1.807) is 0 Å². The zero-order valence-corrected chi connectivity index (χ0v) is 12.3. The lowest BCUT2D eigenvalue weighted by Gasteiger charge is -2.13. The highest BCUT2D eigenvalue weighted by Crippen LogP contribution is 2.11. The van der Waals surface area contributed by atoms with Crippen molar-refractivity contribution in [3.05, 3.63) is 0 Å². The summed E-state index contributed by atoms with van der Waals surface area (Å²) in [5.74, 6) is 1.31. The molecule has 1 aromatic heterocycles. The summed E-state index contributed by atoms with van der Waals surface area (Å²) in [6.45, 7) is 3.47. The normalized spacial score (nSPS) is 10.2. The Morgan fingerprint density at radius 3 is 2.25 bits per heavy atom. The lowest BCUT2D eigenvalue weighted by atomic mass is 10.3. The summed E-state index contributed by atoms with van der Waals surface area (Å²) in [5.41, 5.74) is 5.09. The van der Waals surface area contributed by atoms with Crippen molar-refractivity contribution in [3.8, 4) is 0 Å². The lowest BCUT2D eigenvalue weighted by Crippen LogP contribution is -2.18. The summed E-state index contributed by atoms with van der Waals surface area (Å²) in [6.07, 6.45) is 1.99. The number of hydrogen-bond donors (Lipinski definition) is 3. The third kappa shape index (κ3) is 5.68. The van der Waals surface area contributed by atoms with Crippen LogP contribution in [0.1, 0.15) is 26.2 Å². The van der Waals surface area contributed by atoms with Crippen LogP contribution in [0.15, 0.2) is 0 Å². The number of nitrogens with zero attached hydrogens (tertiary/aromatic N) is 4. The van der Waals surface area contributed by atoms with Gasteiger partial charge in [0.05, 0.1) is 0 Å². The molecule has 0 bridgehead atoms. The minimum absolute atomic E-state index is 0.304. The van der Waals surface area contributed by atoms with Gasteiger partial charge in [0.1, 0.15) is 0 Å². The van der Waals surface area contributed by atoms with Crippen LogP contribution in [0.4, 0.5) is 17.8 Å². The first kappa shape index (κ1) is 15.9. The van der Waals surface area contributed by atoms with Crippen LogP contribution in [0, 0.1) is 0 Å². The van der Waals surface area contributed by atoms with Gasteiger partial charge in [0.2, 0.25) is 23.8 Å². The minimum atomic E-state index is -0.304. The Kier molecular flexibility index (Phi) is 6.48. The Balaban J connectivity index is 2.67. The van der Waals surface area contributed by atoms with E-state index in [0.29, 0.717) is 37.2 Å². The van der Waals surface area contributed by atoms with Crippen LogP contribution in [0.2, 0.25) is 0 Å². The fourth-order valence-corrected chi connectivity index (χ4v) is 1.42. The van der Waals surface area contributed by atoms with Gasteiger partial charge in [0.15, 0.2) is 0 Å². The molecule has 20 heavy (non-hydrogen) atoms. The Morgan fingerprint density at radius 1 is 1.15 bits per heavy atom. The Bertz CT molecular complexity index is 436. The lowest BCUT2D eigenvalue weighted by molar-refractivity contribution is -0.118. The number of amides is 1. The zero-order chi connectivity index (χ0) is 15.0. The van der Waals surface area contributed by atoms with Crippen LogP contribution in [0.25, 0.3) is 0 Å². The SMILES string of the molecule is CCCNc1nc(NCCCC(N)=O)nc(N(C)C)n1. The molecule has 0 aliphatic rings. The van der Waals surface area contributed by atoms with Gasteiger partial charge >= 0.3 is 0 Å². The first-order chi connectivity index (χ1) is 9.52. The zero-order valence-electron chi connectivity index (χ0n) is 12.3. The molecule has 0 saturated heterocycles. The van der Waals surface area contributed by atoms with Crippen LogP contribution >= 0.6 is 0 Å². The van der Waals surface area contributed by atoms with Crippen molar-refractivity contribution in [1.82, 2.24) is 15.0 Å². The number of hydrogen-bond acceptors (Lipinski definition) is 7. The summed E-state index contributed by atoms with van der Waals surface area (Å²) in [4.78, 5) is 25.4. The monoisotopic (exact) mass is 281 g/mol. The van der Waals surface area contributed by atoms with Gasteiger partial charge in [-0.1, -0.05) is 6.92 Å². The van der Waals surface area contributed by atoms with Gasteiger partial charge in [-0.3, -0.25) is 4.79 Å². The van der Waals surface area contributed by atoms with Crippen LogP contribution in [0.3, 0.4) is 0 Å². The van der Waals surface area contributed by atoms with Gasteiger partial charge in [0, 0.05) is 33.6 Å². The van der Waals surface area contributed by atoms with Gasteiger partial charge in [0.25, 0.3) is 0 Å².